The zero-order valence-corrected chi connectivity index (χ0v) is 13.6. The molecule has 1 fully saturated rings. The third-order valence-electron chi connectivity index (χ3n) is 4.28. The van der Waals surface area contributed by atoms with Crippen molar-refractivity contribution in [2.45, 2.75) is 78.2 Å². The number of carbonyl (C=O) groups is 2. The first-order chi connectivity index (χ1) is 9.95. The van der Waals surface area contributed by atoms with E-state index in [0.717, 1.165) is 38.5 Å². The fraction of sp³-hybridized carbons (Fsp3) is 0.882. The van der Waals surface area contributed by atoms with Crippen LogP contribution in [0.15, 0.2) is 0 Å². The zero-order chi connectivity index (χ0) is 15.8. The molecule has 0 spiro atoms. The third-order valence-corrected chi connectivity index (χ3v) is 4.28. The lowest BCUT2D eigenvalue weighted by molar-refractivity contribution is -0.164. The van der Waals surface area contributed by atoms with Crippen LogP contribution >= 0.6 is 0 Å². The summed E-state index contributed by atoms with van der Waals surface area (Å²) in [4.78, 5) is 23.7. The van der Waals surface area contributed by atoms with Gasteiger partial charge in [0.25, 0.3) is 0 Å². The average Bonchev–Trinajstić information content (AvgIpc) is 2.44. The highest BCUT2D eigenvalue weighted by molar-refractivity contribution is 5.81. The minimum Gasteiger partial charge on any atom is -0.481 e. The van der Waals surface area contributed by atoms with Crippen molar-refractivity contribution in [3.05, 3.63) is 0 Å². The van der Waals surface area contributed by atoms with Gasteiger partial charge in [0.05, 0.1) is 11.8 Å². The Hall–Kier alpha value is -1.06. The largest absolute Gasteiger partial charge is 0.481 e. The Morgan fingerprint density at radius 3 is 2.33 bits per heavy atom. The summed E-state index contributed by atoms with van der Waals surface area (Å²) in [5, 5.41) is 9.27. The maximum absolute atomic E-state index is 12.4. The van der Waals surface area contributed by atoms with E-state index in [1.165, 1.54) is 0 Å². The van der Waals surface area contributed by atoms with Crippen molar-refractivity contribution in [3.63, 3.8) is 0 Å². The molecule has 0 radical (unpaired) electrons. The SMILES string of the molecule is CCCCC(CC(C)C)OC(=O)C1CCCCC1C(=O)O. The van der Waals surface area contributed by atoms with Gasteiger partial charge in [-0.1, -0.05) is 46.5 Å². The van der Waals surface area contributed by atoms with E-state index < -0.39 is 17.8 Å². The van der Waals surface area contributed by atoms with Crippen molar-refractivity contribution in [2.75, 3.05) is 0 Å². The molecule has 3 atom stereocenters. The molecule has 21 heavy (non-hydrogen) atoms. The van der Waals surface area contributed by atoms with Crippen molar-refractivity contribution in [1.29, 1.82) is 0 Å². The second-order valence-electron chi connectivity index (χ2n) is 6.67. The lowest BCUT2D eigenvalue weighted by atomic mass is 9.79. The molecule has 1 rings (SSSR count). The molecule has 4 heteroatoms. The first-order valence-electron chi connectivity index (χ1n) is 8.39. The molecule has 0 aliphatic heterocycles. The van der Waals surface area contributed by atoms with E-state index in [-0.39, 0.29) is 12.1 Å². The normalized spacial score (nSPS) is 23.8. The molecule has 122 valence electrons. The van der Waals surface area contributed by atoms with Gasteiger partial charge < -0.3 is 9.84 Å². The lowest BCUT2D eigenvalue weighted by Crippen LogP contribution is -2.35. The molecular formula is C17H30O4. The molecule has 1 aliphatic carbocycles. The molecule has 1 aliphatic rings. The monoisotopic (exact) mass is 298 g/mol. The fourth-order valence-electron chi connectivity index (χ4n) is 3.14. The first kappa shape index (κ1) is 18.0. The fourth-order valence-corrected chi connectivity index (χ4v) is 3.14. The van der Waals surface area contributed by atoms with E-state index in [0.29, 0.717) is 18.8 Å². The number of carboxylic acid groups (broad SMARTS) is 1. The Kier molecular flexibility index (Phi) is 7.76. The van der Waals surface area contributed by atoms with Crippen LogP contribution in [0.5, 0.6) is 0 Å². The summed E-state index contributed by atoms with van der Waals surface area (Å²) in [5.41, 5.74) is 0. The maximum atomic E-state index is 12.4. The molecule has 0 aromatic rings. The van der Waals surface area contributed by atoms with E-state index in [9.17, 15) is 14.7 Å². The smallest absolute Gasteiger partial charge is 0.310 e. The molecular weight excluding hydrogens is 268 g/mol. The minimum absolute atomic E-state index is 0.0613. The highest BCUT2D eigenvalue weighted by Crippen LogP contribution is 2.32. The summed E-state index contributed by atoms with van der Waals surface area (Å²) in [6.45, 7) is 6.36. The number of carbonyl (C=O) groups excluding carboxylic acids is 1. The van der Waals surface area contributed by atoms with Crippen LogP contribution in [0.2, 0.25) is 0 Å². The highest BCUT2D eigenvalue weighted by atomic mass is 16.5. The van der Waals surface area contributed by atoms with Gasteiger partial charge in [-0.05, 0) is 31.6 Å². The summed E-state index contributed by atoms with van der Waals surface area (Å²) >= 11 is 0. The number of hydrogen-bond donors (Lipinski definition) is 1. The van der Waals surface area contributed by atoms with Gasteiger partial charge in [0.15, 0.2) is 0 Å². The van der Waals surface area contributed by atoms with E-state index in [2.05, 4.69) is 20.8 Å². The molecule has 0 aromatic heterocycles. The standard InChI is InChI=1S/C17H30O4/c1-4-5-8-13(11-12(2)3)21-17(20)15-10-7-6-9-14(15)16(18)19/h12-15H,4-11H2,1-3H3,(H,18,19). The number of ether oxygens (including phenoxy) is 1. The Balaban J connectivity index is 2.63. The van der Waals surface area contributed by atoms with E-state index >= 15 is 0 Å². The number of aliphatic carboxylic acids is 1. The van der Waals surface area contributed by atoms with E-state index in [1.54, 1.807) is 0 Å². The number of carboxylic acids is 1. The molecule has 0 bridgehead atoms. The lowest BCUT2D eigenvalue weighted by Gasteiger charge is -2.29. The topological polar surface area (TPSA) is 63.6 Å². The Morgan fingerprint density at radius 1 is 1.19 bits per heavy atom. The summed E-state index contributed by atoms with van der Waals surface area (Å²) in [6.07, 6.45) is 6.86. The molecule has 0 aromatic carbocycles. The van der Waals surface area contributed by atoms with E-state index in [4.69, 9.17) is 4.74 Å². The predicted molar refractivity (Wildman–Crippen MR) is 81.9 cm³/mol. The van der Waals surface area contributed by atoms with Crippen molar-refractivity contribution in [2.24, 2.45) is 17.8 Å². The minimum atomic E-state index is -0.856. The third kappa shape index (κ3) is 6.06. The zero-order valence-electron chi connectivity index (χ0n) is 13.6. The number of rotatable bonds is 8. The van der Waals surface area contributed by atoms with Crippen LogP contribution in [-0.2, 0) is 14.3 Å². The maximum Gasteiger partial charge on any atom is 0.310 e. The second kappa shape index (κ2) is 9.06. The number of hydrogen-bond acceptors (Lipinski definition) is 3. The van der Waals surface area contributed by atoms with E-state index in [1.807, 2.05) is 0 Å². The van der Waals surface area contributed by atoms with Crippen molar-refractivity contribution >= 4 is 11.9 Å². The highest BCUT2D eigenvalue weighted by Gasteiger charge is 2.37. The molecule has 3 unspecified atom stereocenters. The van der Waals surface area contributed by atoms with Crippen LogP contribution in [0.4, 0.5) is 0 Å². The molecule has 1 saturated carbocycles. The van der Waals surface area contributed by atoms with Crippen LogP contribution in [0.3, 0.4) is 0 Å². The van der Waals surface area contributed by atoms with Crippen molar-refractivity contribution < 1.29 is 19.4 Å². The van der Waals surface area contributed by atoms with Crippen LogP contribution in [-0.4, -0.2) is 23.1 Å². The van der Waals surface area contributed by atoms with Gasteiger partial charge in [0, 0.05) is 0 Å². The van der Waals surface area contributed by atoms with Crippen LogP contribution < -0.4 is 0 Å². The Bertz CT molecular complexity index is 338. The Morgan fingerprint density at radius 2 is 1.81 bits per heavy atom. The molecule has 0 heterocycles. The average molecular weight is 298 g/mol. The second-order valence-corrected chi connectivity index (χ2v) is 6.67. The van der Waals surface area contributed by atoms with Crippen molar-refractivity contribution in [3.8, 4) is 0 Å². The first-order valence-corrected chi connectivity index (χ1v) is 8.39. The summed E-state index contributed by atoms with van der Waals surface area (Å²) in [7, 11) is 0. The molecule has 0 amide bonds. The molecule has 0 saturated heterocycles. The van der Waals surface area contributed by atoms with Crippen LogP contribution in [0, 0.1) is 17.8 Å². The summed E-state index contributed by atoms with van der Waals surface area (Å²) in [5.74, 6) is -1.68. The van der Waals surface area contributed by atoms with Crippen LogP contribution in [0.25, 0.3) is 0 Å². The summed E-state index contributed by atoms with van der Waals surface area (Å²) in [6, 6.07) is 0. The van der Waals surface area contributed by atoms with Gasteiger partial charge in [-0.3, -0.25) is 9.59 Å². The van der Waals surface area contributed by atoms with Gasteiger partial charge in [-0.2, -0.15) is 0 Å². The molecule has 1 N–H and O–H groups in total. The van der Waals surface area contributed by atoms with Gasteiger partial charge >= 0.3 is 11.9 Å². The quantitative estimate of drug-likeness (QED) is 0.687. The van der Waals surface area contributed by atoms with Crippen molar-refractivity contribution in [1.82, 2.24) is 0 Å². The number of unbranched alkanes of at least 4 members (excludes halogenated alkanes) is 1. The van der Waals surface area contributed by atoms with Gasteiger partial charge in [-0.15, -0.1) is 0 Å². The van der Waals surface area contributed by atoms with Gasteiger partial charge in [0.1, 0.15) is 6.10 Å². The van der Waals surface area contributed by atoms with Crippen LogP contribution in [0.1, 0.15) is 72.1 Å². The summed E-state index contributed by atoms with van der Waals surface area (Å²) < 4.78 is 5.68. The number of esters is 1. The predicted octanol–water partition coefficient (Wildman–Crippen LogP) is 4.03. The van der Waals surface area contributed by atoms with Gasteiger partial charge in [-0.25, -0.2) is 0 Å². The Labute approximate surface area is 128 Å². The van der Waals surface area contributed by atoms with Gasteiger partial charge in [0.2, 0.25) is 0 Å². The molecule has 4 nitrogen and oxygen atoms in total.